The Balaban J connectivity index is 1.56. The molecule has 9 heteroatoms. The van der Waals surface area contributed by atoms with Crippen molar-refractivity contribution in [2.75, 3.05) is 32.8 Å². The van der Waals surface area contributed by atoms with E-state index in [1.807, 2.05) is 0 Å². The van der Waals surface area contributed by atoms with Gasteiger partial charge in [0.15, 0.2) is 0 Å². The van der Waals surface area contributed by atoms with Crippen molar-refractivity contribution in [3.05, 3.63) is 61.2 Å². The molecule has 4 heterocycles. The number of fused-ring (bicyclic) bond motifs is 1. The van der Waals surface area contributed by atoms with Crippen LogP contribution in [-0.2, 0) is 31.4 Å². The maximum atomic E-state index is 13.2. The summed E-state index contributed by atoms with van der Waals surface area (Å²) >= 11 is 0. The van der Waals surface area contributed by atoms with Crippen LogP contribution in [0.2, 0.25) is 0 Å². The van der Waals surface area contributed by atoms with Gasteiger partial charge in [0.25, 0.3) is 17.0 Å². The molecule has 0 N–H and O–H groups in total. The van der Waals surface area contributed by atoms with Crippen molar-refractivity contribution >= 4 is 5.91 Å². The predicted octanol–water partition coefficient (Wildman–Crippen LogP) is 0.0470. The Morgan fingerprint density at radius 3 is 2.57 bits per heavy atom. The SMILES string of the molecule is Cc1ccn(CCN2CCOCC2)c(=O)c1C(=O)N1Cc2nc(C)n(C)c(=O)c2C1. The normalized spacial score (nSPS) is 16.7. The molecule has 0 bridgehead atoms. The van der Waals surface area contributed by atoms with Crippen molar-refractivity contribution in [3.8, 4) is 0 Å². The molecule has 0 spiro atoms. The number of ether oxygens (including phenoxy) is 1. The van der Waals surface area contributed by atoms with Crippen LogP contribution in [0.15, 0.2) is 21.9 Å². The highest BCUT2D eigenvalue weighted by molar-refractivity contribution is 5.95. The maximum absolute atomic E-state index is 13.2. The van der Waals surface area contributed by atoms with Gasteiger partial charge in [0.05, 0.1) is 37.6 Å². The molecule has 0 radical (unpaired) electrons. The fraction of sp³-hybridized carbons (Fsp3) is 0.524. The third kappa shape index (κ3) is 3.70. The molecule has 1 amide bonds. The smallest absolute Gasteiger partial charge is 0.263 e. The third-order valence-corrected chi connectivity index (χ3v) is 6.02. The van der Waals surface area contributed by atoms with Crippen LogP contribution in [0.5, 0.6) is 0 Å². The van der Waals surface area contributed by atoms with Gasteiger partial charge in [0.1, 0.15) is 11.4 Å². The zero-order valence-corrected chi connectivity index (χ0v) is 17.7. The molecule has 0 unspecified atom stereocenters. The zero-order chi connectivity index (χ0) is 21.4. The lowest BCUT2D eigenvalue weighted by atomic mass is 10.1. The molecular formula is C21H27N5O4. The second kappa shape index (κ2) is 8.16. The Labute approximate surface area is 174 Å². The van der Waals surface area contributed by atoms with Crippen LogP contribution in [-0.4, -0.2) is 62.7 Å². The number of hydrogen-bond acceptors (Lipinski definition) is 6. The van der Waals surface area contributed by atoms with Gasteiger partial charge in [-0.3, -0.25) is 23.9 Å². The van der Waals surface area contributed by atoms with Gasteiger partial charge in [-0.1, -0.05) is 0 Å². The van der Waals surface area contributed by atoms with Gasteiger partial charge in [-0.2, -0.15) is 0 Å². The van der Waals surface area contributed by atoms with E-state index >= 15 is 0 Å². The van der Waals surface area contributed by atoms with Gasteiger partial charge in [-0.15, -0.1) is 0 Å². The van der Waals surface area contributed by atoms with E-state index < -0.39 is 0 Å². The summed E-state index contributed by atoms with van der Waals surface area (Å²) in [5.41, 5.74) is 1.52. The first-order valence-electron chi connectivity index (χ1n) is 10.2. The zero-order valence-electron chi connectivity index (χ0n) is 17.7. The van der Waals surface area contributed by atoms with Crippen molar-refractivity contribution in [3.63, 3.8) is 0 Å². The highest BCUT2D eigenvalue weighted by atomic mass is 16.5. The minimum Gasteiger partial charge on any atom is -0.379 e. The molecule has 2 aliphatic rings. The Kier molecular flexibility index (Phi) is 5.57. The molecule has 4 rings (SSSR count). The number of amides is 1. The lowest BCUT2D eigenvalue weighted by Crippen LogP contribution is -2.40. The molecule has 9 nitrogen and oxygen atoms in total. The quantitative estimate of drug-likeness (QED) is 0.704. The summed E-state index contributed by atoms with van der Waals surface area (Å²) in [6.07, 6.45) is 1.74. The van der Waals surface area contributed by atoms with Crippen molar-refractivity contribution in [1.29, 1.82) is 0 Å². The first-order valence-corrected chi connectivity index (χ1v) is 10.2. The first kappa shape index (κ1) is 20.5. The molecular weight excluding hydrogens is 386 g/mol. The topological polar surface area (TPSA) is 89.7 Å². The van der Waals surface area contributed by atoms with Gasteiger partial charge in [-0.05, 0) is 25.5 Å². The molecule has 0 saturated carbocycles. The minimum atomic E-state index is -0.351. The highest BCUT2D eigenvalue weighted by Crippen LogP contribution is 2.20. The van der Waals surface area contributed by atoms with E-state index in [0.717, 1.165) is 19.6 Å². The van der Waals surface area contributed by atoms with E-state index in [4.69, 9.17) is 4.74 Å². The first-order chi connectivity index (χ1) is 14.4. The summed E-state index contributed by atoms with van der Waals surface area (Å²) < 4.78 is 8.44. The minimum absolute atomic E-state index is 0.138. The van der Waals surface area contributed by atoms with E-state index in [1.54, 1.807) is 37.7 Å². The summed E-state index contributed by atoms with van der Waals surface area (Å²) in [5.74, 6) is 0.255. The van der Waals surface area contributed by atoms with E-state index in [0.29, 0.717) is 42.4 Å². The van der Waals surface area contributed by atoms with Gasteiger partial charge in [0.2, 0.25) is 0 Å². The summed E-state index contributed by atoms with van der Waals surface area (Å²) in [6, 6.07) is 1.80. The lowest BCUT2D eigenvalue weighted by Gasteiger charge is -2.26. The van der Waals surface area contributed by atoms with Gasteiger partial charge < -0.3 is 14.2 Å². The Morgan fingerprint density at radius 1 is 1.10 bits per heavy atom. The number of rotatable bonds is 4. The summed E-state index contributed by atoms with van der Waals surface area (Å²) in [6.45, 7) is 8.30. The Morgan fingerprint density at radius 2 is 1.83 bits per heavy atom. The summed E-state index contributed by atoms with van der Waals surface area (Å²) in [4.78, 5) is 47.1. The van der Waals surface area contributed by atoms with Crippen molar-refractivity contribution in [1.82, 2.24) is 23.9 Å². The Bertz CT molecular complexity index is 1100. The second-order valence-electron chi connectivity index (χ2n) is 7.94. The predicted molar refractivity (Wildman–Crippen MR) is 110 cm³/mol. The van der Waals surface area contributed by atoms with Crippen molar-refractivity contribution < 1.29 is 9.53 Å². The van der Waals surface area contributed by atoms with Crippen LogP contribution in [0.1, 0.15) is 33.0 Å². The number of aryl methyl sites for hydroxylation is 2. The highest BCUT2D eigenvalue weighted by Gasteiger charge is 2.31. The molecule has 0 atom stereocenters. The third-order valence-electron chi connectivity index (χ3n) is 6.02. The van der Waals surface area contributed by atoms with Gasteiger partial charge in [0, 0.05) is 39.4 Å². The number of nitrogens with zero attached hydrogens (tertiary/aromatic N) is 5. The molecule has 1 fully saturated rings. The number of aromatic nitrogens is 3. The number of hydrogen-bond donors (Lipinski definition) is 0. The van der Waals surface area contributed by atoms with Crippen LogP contribution in [0.25, 0.3) is 0 Å². The van der Waals surface area contributed by atoms with E-state index in [1.165, 1.54) is 9.47 Å². The molecule has 0 aromatic carbocycles. The summed E-state index contributed by atoms with van der Waals surface area (Å²) in [7, 11) is 1.67. The largest absolute Gasteiger partial charge is 0.379 e. The monoisotopic (exact) mass is 413 g/mol. The number of carbonyl (C=O) groups is 1. The van der Waals surface area contributed by atoms with Crippen LogP contribution < -0.4 is 11.1 Å². The number of morpholine rings is 1. The standard InChI is InChI=1S/C21H27N5O4/c1-14-4-5-25(7-6-24-8-10-30-11-9-24)20(28)18(14)21(29)26-12-16-17(13-26)22-15(2)23(3)19(16)27/h4-5H,6-13H2,1-3H3. The molecule has 2 aromatic heterocycles. The number of pyridine rings is 1. The van der Waals surface area contributed by atoms with E-state index in [-0.39, 0.29) is 35.7 Å². The number of carbonyl (C=O) groups excluding carboxylic acids is 1. The molecule has 2 aromatic rings. The van der Waals surface area contributed by atoms with Crippen LogP contribution in [0.4, 0.5) is 0 Å². The fourth-order valence-electron chi connectivity index (χ4n) is 4.00. The molecule has 2 aliphatic heterocycles. The molecule has 1 saturated heterocycles. The lowest BCUT2D eigenvalue weighted by molar-refractivity contribution is 0.0362. The van der Waals surface area contributed by atoms with E-state index in [2.05, 4.69) is 9.88 Å². The summed E-state index contributed by atoms with van der Waals surface area (Å²) in [5, 5.41) is 0. The molecule has 0 aliphatic carbocycles. The fourth-order valence-corrected chi connectivity index (χ4v) is 4.00. The van der Waals surface area contributed by atoms with Crippen LogP contribution in [0.3, 0.4) is 0 Å². The van der Waals surface area contributed by atoms with Crippen molar-refractivity contribution in [2.45, 2.75) is 33.5 Å². The van der Waals surface area contributed by atoms with Crippen LogP contribution in [0, 0.1) is 13.8 Å². The molecule has 30 heavy (non-hydrogen) atoms. The van der Waals surface area contributed by atoms with Crippen molar-refractivity contribution in [2.24, 2.45) is 7.05 Å². The average molecular weight is 413 g/mol. The van der Waals surface area contributed by atoms with Gasteiger partial charge in [-0.25, -0.2) is 4.98 Å². The average Bonchev–Trinajstić information content (AvgIpc) is 3.16. The van der Waals surface area contributed by atoms with E-state index in [9.17, 15) is 14.4 Å². The van der Waals surface area contributed by atoms with Gasteiger partial charge >= 0.3 is 0 Å². The van der Waals surface area contributed by atoms with Crippen LogP contribution >= 0.6 is 0 Å². The molecule has 160 valence electrons. The Hall–Kier alpha value is -2.78. The maximum Gasteiger partial charge on any atom is 0.263 e. The second-order valence-corrected chi connectivity index (χ2v) is 7.94.